The summed E-state index contributed by atoms with van der Waals surface area (Å²) in [5.41, 5.74) is 10.3. The largest absolute Gasteiger partial charge is 0.496 e. The lowest BCUT2D eigenvalue weighted by molar-refractivity contribution is 0.413. The summed E-state index contributed by atoms with van der Waals surface area (Å²) >= 11 is 0. The predicted octanol–water partition coefficient (Wildman–Crippen LogP) is 1.92. The lowest BCUT2D eigenvalue weighted by atomic mass is 9.99. The molecule has 0 amide bonds. The van der Waals surface area contributed by atoms with Gasteiger partial charge >= 0.3 is 0 Å². The SMILES string of the molecule is CNc1cc(C)nc(Nc2ccc(OC)c(/C(=C/N)C3=NCCNC3)c2)n1. The van der Waals surface area contributed by atoms with E-state index in [9.17, 15) is 0 Å². The number of hydrogen-bond donors (Lipinski definition) is 4. The molecular formula is C19H25N7O. The molecule has 1 aromatic heterocycles. The van der Waals surface area contributed by atoms with E-state index in [4.69, 9.17) is 10.5 Å². The van der Waals surface area contributed by atoms with Gasteiger partial charge in [0, 0.05) is 54.9 Å². The van der Waals surface area contributed by atoms with Crippen molar-refractivity contribution in [2.75, 3.05) is 44.4 Å². The van der Waals surface area contributed by atoms with Crippen molar-refractivity contribution in [1.82, 2.24) is 15.3 Å². The van der Waals surface area contributed by atoms with E-state index in [1.165, 1.54) is 0 Å². The van der Waals surface area contributed by atoms with Crippen LogP contribution in [0.4, 0.5) is 17.5 Å². The fourth-order valence-corrected chi connectivity index (χ4v) is 2.93. The van der Waals surface area contributed by atoms with Crippen molar-refractivity contribution in [2.24, 2.45) is 10.7 Å². The molecule has 0 saturated heterocycles. The van der Waals surface area contributed by atoms with Gasteiger partial charge in [0.1, 0.15) is 11.6 Å². The second kappa shape index (κ2) is 8.50. The topological polar surface area (TPSA) is 109 Å². The zero-order valence-electron chi connectivity index (χ0n) is 15.8. The number of ether oxygens (including phenoxy) is 1. The molecule has 2 heterocycles. The van der Waals surface area contributed by atoms with Gasteiger partial charge in [0.15, 0.2) is 0 Å². The van der Waals surface area contributed by atoms with Crippen LogP contribution >= 0.6 is 0 Å². The Morgan fingerprint density at radius 2 is 2.15 bits per heavy atom. The lowest BCUT2D eigenvalue weighted by Crippen LogP contribution is -2.31. The lowest BCUT2D eigenvalue weighted by Gasteiger charge is -2.19. The number of hydrogen-bond acceptors (Lipinski definition) is 8. The standard InChI is InChI=1S/C19H25N7O/c1-12-8-18(21-2)26-19(24-12)25-13-4-5-17(27-3)14(9-13)15(10-20)16-11-22-6-7-23-16/h4-5,8-10,22H,6-7,11,20H2,1-3H3,(H2,21,24,25,26)/b15-10-. The minimum absolute atomic E-state index is 0.519. The molecule has 0 unspecified atom stereocenters. The molecule has 8 heteroatoms. The minimum Gasteiger partial charge on any atom is -0.496 e. The maximum Gasteiger partial charge on any atom is 0.229 e. The summed E-state index contributed by atoms with van der Waals surface area (Å²) < 4.78 is 5.54. The number of rotatable bonds is 6. The van der Waals surface area contributed by atoms with Crippen molar-refractivity contribution < 1.29 is 4.74 Å². The van der Waals surface area contributed by atoms with Crippen LogP contribution in [0.1, 0.15) is 11.3 Å². The molecule has 5 N–H and O–H groups in total. The molecule has 1 aliphatic heterocycles. The number of benzene rings is 1. The van der Waals surface area contributed by atoms with Gasteiger partial charge in [0.05, 0.1) is 19.4 Å². The summed E-state index contributed by atoms with van der Waals surface area (Å²) in [6.45, 7) is 4.21. The Kier molecular flexibility index (Phi) is 5.87. The highest BCUT2D eigenvalue weighted by molar-refractivity contribution is 6.25. The van der Waals surface area contributed by atoms with Crippen LogP contribution in [-0.4, -0.2) is 49.5 Å². The number of methoxy groups -OCH3 is 1. The summed E-state index contributed by atoms with van der Waals surface area (Å²) in [4.78, 5) is 13.5. The van der Waals surface area contributed by atoms with Gasteiger partial charge in [-0.05, 0) is 25.1 Å². The van der Waals surface area contributed by atoms with E-state index in [1.807, 2.05) is 38.2 Å². The van der Waals surface area contributed by atoms with Gasteiger partial charge in [-0.1, -0.05) is 0 Å². The Morgan fingerprint density at radius 1 is 1.30 bits per heavy atom. The number of aromatic nitrogens is 2. The molecule has 0 atom stereocenters. The van der Waals surface area contributed by atoms with E-state index in [0.29, 0.717) is 12.5 Å². The first-order chi connectivity index (χ1) is 13.1. The van der Waals surface area contributed by atoms with Crippen molar-refractivity contribution in [3.8, 4) is 5.75 Å². The molecule has 1 aromatic carbocycles. The van der Waals surface area contributed by atoms with Crippen molar-refractivity contribution in [3.05, 3.63) is 41.7 Å². The number of anilines is 3. The third-order valence-corrected chi connectivity index (χ3v) is 4.22. The summed E-state index contributed by atoms with van der Waals surface area (Å²) in [6.07, 6.45) is 1.58. The Morgan fingerprint density at radius 3 is 2.81 bits per heavy atom. The number of nitrogens with one attached hydrogen (secondary N) is 3. The molecule has 0 aliphatic carbocycles. The third-order valence-electron chi connectivity index (χ3n) is 4.22. The van der Waals surface area contributed by atoms with Crippen LogP contribution in [0, 0.1) is 6.92 Å². The van der Waals surface area contributed by atoms with Gasteiger partial charge in [0.25, 0.3) is 0 Å². The van der Waals surface area contributed by atoms with Gasteiger partial charge < -0.3 is 26.4 Å². The quantitative estimate of drug-likeness (QED) is 0.617. The van der Waals surface area contributed by atoms with E-state index in [0.717, 1.165) is 52.9 Å². The average molecular weight is 367 g/mol. The van der Waals surface area contributed by atoms with E-state index in [2.05, 4.69) is 30.9 Å². The van der Waals surface area contributed by atoms with Gasteiger partial charge in [0.2, 0.25) is 5.95 Å². The van der Waals surface area contributed by atoms with Crippen LogP contribution in [0.15, 0.2) is 35.5 Å². The average Bonchev–Trinajstić information content (AvgIpc) is 2.69. The summed E-state index contributed by atoms with van der Waals surface area (Å²) in [6, 6.07) is 7.67. The first kappa shape index (κ1) is 18.7. The van der Waals surface area contributed by atoms with Gasteiger partial charge in [-0.3, -0.25) is 4.99 Å². The fraction of sp³-hybridized carbons (Fsp3) is 0.316. The Bertz CT molecular complexity index is 876. The molecular weight excluding hydrogens is 342 g/mol. The third kappa shape index (κ3) is 4.35. The zero-order chi connectivity index (χ0) is 19.2. The molecule has 3 rings (SSSR count). The normalized spacial score (nSPS) is 14.5. The molecule has 0 bridgehead atoms. The molecule has 1 aliphatic rings. The van der Waals surface area contributed by atoms with Gasteiger partial charge in [-0.15, -0.1) is 0 Å². The van der Waals surface area contributed by atoms with E-state index in [-0.39, 0.29) is 0 Å². The first-order valence-electron chi connectivity index (χ1n) is 8.79. The van der Waals surface area contributed by atoms with Crippen LogP contribution in [0.2, 0.25) is 0 Å². The van der Waals surface area contributed by atoms with Crippen molar-refractivity contribution >= 4 is 28.7 Å². The van der Waals surface area contributed by atoms with E-state index >= 15 is 0 Å². The number of aryl methyl sites for hydroxylation is 1. The molecule has 8 nitrogen and oxygen atoms in total. The van der Waals surface area contributed by atoms with Gasteiger partial charge in [-0.25, -0.2) is 4.98 Å². The van der Waals surface area contributed by atoms with Crippen molar-refractivity contribution in [2.45, 2.75) is 6.92 Å². The molecule has 0 spiro atoms. The van der Waals surface area contributed by atoms with Crippen LogP contribution in [-0.2, 0) is 0 Å². The van der Waals surface area contributed by atoms with E-state index < -0.39 is 0 Å². The zero-order valence-corrected chi connectivity index (χ0v) is 15.8. The number of nitrogens with zero attached hydrogens (tertiary/aromatic N) is 3. The Hall–Kier alpha value is -3.13. The molecule has 0 fully saturated rings. The van der Waals surface area contributed by atoms with Crippen LogP contribution in [0.3, 0.4) is 0 Å². The van der Waals surface area contributed by atoms with E-state index in [1.54, 1.807) is 13.3 Å². The predicted molar refractivity (Wildman–Crippen MR) is 110 cm³/mol. The number of nitrogens with two attached hydrogens (primary N) is 1. The van der Waals surface area contributed by atoms with Crippen molar-refractivity contribution in [3.63, 3.8) is 0 Å². The summed E-state index contributed by atoms with van der Waals surface area (Å²) in [5.74, 6) is 2.00. The molecule has 0 saturated carbocycles. The van der Waals surface area contributed by atoms with Gasteiger partial charge in [-0.2, -0.15) is 4.98 Å². The molecule has 0 radical (unpaired) electrons. The maximum atomic E-state index is 5.94. The molecule has 2 aromatic rings. The smallest absolute Gasteiger partial charge is 0.229 e. The first-order valence-corrected chi connectivity index (χ1v) is 8.79. The summed E-state index contributed by atoms with van der Waals surface area (Å²) in [7, 11) is 3.47. The second-order valence-corrected chi connectivity index (χ2v) is 6.09. The molecule has 27 heavy (non-hydrogen) atoms. The highest BCUT2D eigenvalue weighted by Crippen LogP contribution is 2.31. The maximum absolute atomic E-state index is 5.94. The highest BCUT2D eigenvalue weighted by Gasteiger charge is 2.17. The fourth-order valence-electron chi connectivity index (χ4n) is 2.93. The van der Waals surface area contributed by atoms with Crippen molar-refractivity contribution in [1.29, 1.82) is 0 Å². The monoisotopic (exact) mass is 367 g/mol. The Labute approximate surface area is 159 Å². The summed E-state index contributed by atoms with van der Waals surface area (Å²) in [5, 5.41) is 9.61. The number of aliphatic imine (C=N–C) groups is 1. The van der Waals surface area contributed by atoms with Crippen LogP contribution < -0.4 is 26.4 Å². The second-order valence-electron chi connectivity index (χ2n) is 6.09. The Balaban J connectivity index is 1.96. The molecule has 142 valence electrons. The van der Waals surface area contributed by atoms with Crippen LogP contribution in [0.25, 0.3) is 5.57 Å². The van der Waals surface area contributed by atoms with Crippen LogP contribution in [0.5, 0.6) is 5.75 Å². The minimum atomic E-state index is 0.519. The highest BCUT2D eigenvalue weighted by atomic mass is 16.5.